The summed E-state index contributed by atoms with van der Waals surface area (Å²) in [5.41, 5.74) is 4.52. The van der Waals surface area contributed by atoms with Crippen LogP contribution in [0.1, 0.15) is 18.7 Å². The second-order valence-corrected chi connectivity index (χ2v) is 5.38. The Labute approximate surface area is 105 Å². The zero-order valence-electron chi connectivity index (χ0n) is 10.2. The van der Waals surface area contributed by atoms with Crippen LogP contribution in [0.5, 0.6) is 0 Å². The van der Waals surface area contributed by atoms with Crippen LogP contribution in [0.25, 0.3) is 0 Å². The third kappa shape index (κ3) is 2.97. The van der Waals surface area contributed by atoms with Gasteiger partial charge in [-0.15, -0.1) is 11.3 Å². The number of nitrogens with zero attached hydrogens (tertiary/aromatic N) is 2. The Morgan fingerprint density at radius 3 is 2.76 bits per heavy atom. The van der Waals surface area contributed by atoms with Crippen LogP contribution in [0.2, 0.25) is 0 Å². The maximum atomic E-state index is 12.1. The lowest BCUT2D eigenvalue weighted by Gasteiger charge is -2.27. The average molecular weight is 255 g/mol. The van der Waals surface area contributed by atoms with Crippen molar-refractivity contribution in [3.05, 3.63) is 22.4 Å². The molecule has 1 aromatic heterocycles. The van der Waals surface area contributed by atoms with E-state index in [9.17, 15) is 4.79 Å². The monoisotopic (exact) mass is 255 g/mol. The van der Waals surface area contributed by atoms with Gasteiger partial charge in [0.2, 0.25) is 5.91 Å². The Balaban J connectivity index is 2.76. The molecular formula is C11H17N3O2S. The van der Waals surface area contributed by atoms with Gasteiger partial charge in [-0.1, -0.05) is 11.2 Å². The highest BCUT2D eigenvalue weighted by atomic mass is 32.1. The summed E-state index contributed by atoms with van der Waals surface area (Å²) in [6.07, 6.45) is 0. The highest BCUT2D eigenvalue weighted by Gasteiger charge is 2.35. The van der Waals surface area contributed by atoms with Gasteiger partial charge in [0.1, 0.15) is 5.41 Å². The zero-order chi connectivity index (χ0) is 13.1. The molecule has 0 radical (unpaired) electrons. The lowest BCUT2D eigenvalue weighted by atomic mass is 9.90. The number of oxime groups is 1. The van der Waals surface area contributed by atoms with Crippen molar-refractivity contribution >= 4 is 23.1 Å². The standard InChI is InChI=1S/C11H17N3O2S/c1-11(2,9(12)13-16)10(15)14(3)7-8-5-4-6-17-8/h4-6,16H,7H2,1-3H3,(H2,12,13). The van der Waals surface area contributed by atoms with Crippen molar-refractivity contribution in [2.45, 2.75) is 20.4 Å². The number of nitrogens with two attached hydrogens (primary N) is 1. The molecule has 5 nitrogen and oxygen atoms in total. The van der Waals surface area contributed by atoms with Crippen LogP contribution in [-0.2, 0) is 11.3 Å². The van der Waals surface area contributed by atoms with E-state index in [1.165, 1.54) is 0 Å². The SMILES string of the molecule is CN(Cc1cccs1)C(=O)C(C)(C)C(N)=NO. The third-order valence-electron chi connectivity index (χ3n) is 2.60. The summed E-state index contributed by atoms with van der Waals surface area (Å²) in [4.78, 5) is 14.8. The van der Waals surface area contributed by atoms with Crippen LogP contribution in [0, 0.1) is 5.41 Å². The number of carbonyl (C=O) groups is 1. The summed E-state index contributed by atoms with van der Waals surface area (Å²) >= 11 is 1.59. The Morgan fingerprint density at radius 1 is 1.65 bits per heavy atom. The number of thiophene rings is 1. The van der Waals surface area contributed by atoms with E-state index in [-0.39, 0.29) is 11.7 Å². The van der Waals surface area contributed by atoms with Crippen molar-refractivity contribution in [3.63, 3.8) is 0 Å². The van der Waals surface area contributed by atoms with Crippen LogP contribution >= 0.6 is 11.3 Å². The van der Waals surface area contributed by atoms with Gasteiger partial charge in [-0.3, -0.25) is 4.79 Å². The molecule has 0 bridgehead atoms. The van der Waals surface area contributed by atoms with E-state index in [1.54, 1.807) is 37.1 Å². The summed E-state index contributed by atoms with van der Waals surface area (Å²) in [5.74, 6) is -0.262. The molecule has 0 aliphatic rings. The summed E-state index contributed by atoms with van der Waals surface area (Å²) in [6.45, 7) is 3.79. The molecule has 0 aromatic carbocycles. The molecule has 0 aliphatic carbocycles. The van der Waals surface area contributed by atoms with Gasteiger partial charge in [0, 0.05) is 11.9 Å². The van der Waals surface area contributed by atoms with Gasteiger partial charge >= 0.3 is 0 Å². The Morgan fingerprint density at radius 2 is 2.29 bits per heavy atom. The van der Waals surface area contributed by atoms with E-state index in [2.05, 4.69) is 5.16 Å². The summed E-state index contributed by atoms with van der Waals surface area (Å²) < 4.78 is 0. The van der Waals surface area contributed by atoms with Crippen molar-refractivity contribution < 1.29 is 10.0 Å². The Bertz CT molecular complexity index is 412. The van der Waals surface area contributed by atoms with Crippen molar-refractivity contribution in [3.8, 4) is 0 Å². The Kier molecular flexibility index (Phi) is 4.11. The molecule has 0 atom stereocenters. The highest BCUT2D eigenvalue weighted by molar-refractivity contribution is 7.09. The second-order valence-electron chi connectivity index (χ2n) is 4.35. The highest BCUT2D eigenvalue weighted by Crippen LogP contribution is 2.20. The Hall–Kier alpha value is -1.56. The third-order valence-corrected chi connectivity index (χ3v) is 3.46. The molecule has 17 heavy (non-hydrogen) atoms. The minimum absolute atomic E-state index is 0.0828. The molecule has 0 spiro atoms. The van der Waals surface area contributed by atoms with Crippen LogP contribution < -0.4 is 5.73 Å². The number of amidine groups is 1. The molecule has 1 rings (SSSR count). The molecule has 1 aromatic rings. The van der Waals surface area contributed by atoms with Gasteiger partial charge in [0.05, 0.1) is 6.54 Å². The normalized spacial score (nSPS) is 12.5. The van der Waals surface area contributed by atoms with E-state index in [0.29, 0.717) is 6.54 Å². The average Bonchev–Trinajstić information content (AvgIpc) is 2.79. The smallest absolute Gasteiger partial charge is 0.236 e. The van der Waals surface area contributed by atoms with Crippen molar-refractivity contribution in [1.82, 2.24) is 4.90 Å². The van der Waals surface area contributed by atoms with Gasteiger partial charge in [0.25, 0.3) is 0 Å². The molecule has 0 fully saturated rings. The van der Waals surface area contributed by atoms with Crippen LogP contribution in [0.15, 0.2) is 22.7 Å². The first-order chi connectivity index (χ1) is 7.89. The van der Waals surface area contributed by atoms with Crippen molar-refractivity contribution in [2.75, 3.05) is 7.05 Å². The summed E-state index contributed by atoms with van der Waals surface area (Å²) in [6, 6.07) is 3.90. The fourth-order valence-corrected chi connectivity index (χ4v) is 2.18. The molecule has 6 heteroatoms. The maximum absolute atomic E-state index is 12.1. The maximum Gasteiger partial charge on any atom is 0.236 e. The quantitative estimate of drug-likeness (QED) is 0.370. The second kappa shape index (κ2) is 5.18. The first-order valence-corrected chi connectivity index (χ1v) is 6.03. The van der Waals surface area contributed by atoms with E-state index in [0.717, 1.165) is 4.88 Å². The van der Waals surface area contributed by atoms with E-state index < -0.39 is 5.41 Å². The predicted octanol–water partition coefficient (Wildman–Crippen LogP) is 1.48. The minimum Gasteiger partial charge on any atom is -0.409 e. The molecule has 0 saturated heterocycles. The molecule has 3 N–H and O–H groups in total. The number of hydrogen-bond acceptors (Lipinski definition) is 4. The van der Waals surface area contributed by atoms with Gasteiger partial charge < -0.3 is 15.8 Å². The van der Waals surface area contributed by atoms with E-state index in [1.807, 2.05) is 17.5 Å². The predicted molar refractivity (Wildman–Crippen MR) is 68.0 cm³/mol. The van der Waals surface area contributed by atoms with Crippen LogP contribution in [-0.4, -0.2) is 28.9 Å². The molecular weight excluding hydrogens is 238 g/mol. The first-order valence-electron chi connectivity index (χ1n) is 5.15. The van der Waals surface area contributed by atoms with Crippen molar-refractivity contribution in [2.24, 2.45) is 16.3 Å². The zero-order valence-corrected chi connectivity index (χ0v) is 11.0. The molecule has 0 saturated carbocycles. The topological polar surface area (TPSA) is 78.9 Å². The number of amides is 1. The van der Waals surface area contributed by atoms with E-state index >= 15 is 0 Å². The van der Waals surface area contributed by atoms with Gasteiger partial charge in [-0.05, 0) is 25.3 Å². The first kappa shape index (κ1) is 13.5. The molecule has 0 unspecified atom stereocenters. The van der Waals surface area contributed by atoms with Gasteiger partial charge in [-0.2, -0.15) is 0 Å². The fourth-order valence-electron chi connectivity index (χ4n) is 1.42. The van der Waals surface area contributed by atoms with Crippen molar-refractivity contribution in [1.29, 1.82) is 0 Å². The molecule has 94 valence electrons. The molecule has 1 heterocycles. The lowest BCUT2D eigenvalue weighted by Crippen LogP contribution is -2.46. The molecule has 1 amide bonds. The fraction of sp³-hybridized carbons (Fsp3) is 0.455. The number of carbonyl (C=O) groups excluding carboxylic acids is 1. The summed E-state index contributed by atoms with van der Waals surface area (Å²) in [5, 5.41) is 13.5. The van der Waals surface area contributed by atoms with Gasteiger partial charge in [-0.25, -0.2) is 0 Å². The largest absolute Gasteiger partial charge is 0.409 e. The number of hydrogen-bond donors (Lipinski definition) is 2. The van der Waals surface area contributed by atoms with E-state index in [4.69, 9.17) is 10.9 Å². The number of rotatable bonds is 4. The summed E-state index contributed by atoms with van der Waals surface area (Å²) in [7, 11) is 1.70. The minimum atomic E-state index is -0.999. The lowest BCUT2D eigenvalue weighted by molar-refractivity contribution is -0.136. The molecule has 0 aliphatic heterocycles. The van der Waals surface area contributed by atoms with Crippen LogP contribution in [0.3, 0.4) is 0 Å². The van der Waals surface area contributed by atoms with Crippen LogP contribution in [0.4, 0.5) is 0 Å². The van der Waals surface area contributed by atoms with Gasteiger partial charge in [0.15, 0.2) is 5.84 Å².